The molecule has 1 saturated heterocycles. The Balaban J connectivity index is 1.49. The fourth-order valence-electron chi connectivity index (χ4n) is 3.75. The number of carbonyl (C=O) groups excluding carboxylic acids is 1. The molecule has 1 aliphatic heterocycles. The first kappa shape index (κ1) is 23.7. The second kappa shape index (κ2) is 10.3. The van der Waals surface area contributed by atoms with Crippen LogP contribution in [0.1, 0.15) is 19.4 Å². The van der Waals surface area contributed by atoms with Gasteiger partial charge in [-0.05, 0) is 49.2 Å². The third kappa shape index (κ3) is 5.24. The number of fused-ring (bicyclic) bond motifs is 1. The minimum absolute atomic E-state index is 0.116. The normalized spacial score (nSPS) is 15.1. The molecule has 1 amide bonds. The van der Waals surface area contributed by atoms with Gasteiger partial charge < -0.3 is 14.6 Å². The van der Waals surface area contributed by atoms with Crippen LogP contribution >= 0.6 is 11.8 Å². The number of aromatic nitrogens is 2. The van der Waals surface area contributed by atoms with Gasteiger partial charge in [0, 0.05) is 25.3 Å². The van der Waals surface area contributed by atoms with Gasteiger partial charge in [0.1, 0.15) is 0 Å². The first-order chi connectivity index (χ1) is 15.9. The van der Waals surface area contributed by atoms with Crippen molar-refractivity contribution in [2.45, 2.75) is 36.9 Å². The summed E-state index contributed by atoms with van der Waals surface area (Å²) in [5.41, 5.74) is 3.43. The van der Waals surface area contributed by atoms with E-state index in [1.165, 1.54) is 21.6 Å². The molecule has 2 aromatic carbocycles. The summed E-state index contributed by atoms with van der Waals surface area (Å²) in [6.45, 7) is 6.25. The van der Waals surface area contributed by atoms with Crippen molar-refractivity contribution in [2.24, 2.45) is 0 Å². The summed E-state index contributed by atoms with van der Waals surface area (Å²) in [5, 5.41) is 3.59. The van der Waals surface area contributed by atoms with E-state index in [4.69, 9.17) is 4.74 Å². The number of nitrogens with one attached hydrogen (secondary N) is 1. The Morgan fingerprint density at radius 1 is 1.12 bits per heavy atom. The summed E-state index contributed by atoms with van der Waals surface area (Å²) in [7, 11) is -3.60. The first-order valence-electron chi connectivity index (χ1n) is 11.0. The van der Waals surface area contributed by atoms with Crippen LogP contribution in [0.2, 0.25) is 0 Å². The summed E-state index contributed by atoms with van der Waals surface area (Å²) in [6, 6.07) is 12.8. The Bertz CT molecular complexity index is 1230. The number of imidazole rings is 1. The summed E-state index contributed by atoms with van der Waals surface area (Å²) in [5.74, 6) is 0.0900. The molecule has 0 unspecified atom stereocenters. The molecule has 10 heteroatoms. The van der Waals surface area contributed by atoms with Crippen molar-refractivity contribution >= 4 is 44.4 Å². The number of benzene rings is 2. The van der Waals surface area contributed by atoms with Crippen LogP contribution in [0.25, 0.3) is 11.0 Å². The van der Waals surface area contributed by atoms with Crippen LogP contribution in [0.4, 0.5) is 5.69 Å². The van der Waals surface area contributed by atoms with Gasteiger partial charge in [0.15, 0.2) is 5.16 Å². The molecule has 0 aliphatic carbocycles. The van der Waals surface area contributed by atoms with E-state index >= 15 is 0 Å². The molecule has 0 saturated carbocycles. The van der Waals surface area contributed by atoms with E-state index < -0.39 is 10.0 Å². The lowest BCUT2D eigenvalue weighted by Crippen LogP contribution is -2.40. The number of nitrogens with zero attached hydrogens (tertiary/aromatic N) is 3. The second-order valence-corrected chi connectivity index (χ2v) is 10.6. The number of aryl methyl sites for hydroxylation is 2. The molecule has 1 aromatic heterocycles. The Morgan fingerprint density at radius 2 is 1.85 bits per heavy atom. The molecule has 0 radical (unpaired) electrons. The number of morpholine rings is 1. The molecular formula is C23H28N4O4S2. The largest absolute Gasteiger partial charge is 0.379 e. The summed E-state index contributed by atoms with van der Waals surface area (Å²) >= 11 is 1.34. The van der Waals surface area contributed by atoms with E-state index in [-0.39, 0.29) is 16.6 Å². The molecule has 1 N–H and O–H groups in total. The second-order valence-electron chi connectivity index (χ2n) is 7.69. The highest BCUT2D eigenvalue weighted by Gasteiger charge is 2.27. The Hall–Kier alpha value is -2.40. The molecule has 176 valence electrons. The van der Waals surface area contributed by atoms with Crippen molar-refractivity contribution in [2.75, 3.05) is 37.4 Å². The van der Waals surface area contributed by atoms with Crippen LogP contribution < -0.4 is 5.32 Å². The average Bonchev–Trinajstić information content (AvgIpc) is 3.20. The molecule has 8 nitrogen and oxygen atoms in total. The topological polar surface area (TPSA) is 93.5 Å². The predicted molar refractivity (Wildman–Crippen MR) is 130 cm³/mol. The molecule has 0 bridgehead atoms. The van der Waals surface area contributed by atoms with Crippen molar-refractivity contribution in [1.82, 2.24) is 13.9 Å². The Kier molecular flexibility index (Phi) is 7.38. The summed E-state index contributed by atoms with van der Waals surface area (Å²) in [6.07, 6.45) is 0.951. The highest BCUT2D eigenvalue weighted by Crippen LogP contribution is 2.27. The monoisotopic (exact) mass is 488 g/mol. The molecule has 1 fully saturated rings. The lowest BCUT2D eigenvalue weighted by atomic mass is 10.1. The van der Waals surface area contributed by atoms with Crippen LogP contribution in [-0.2, 0) is 32.5 Å². The SMILES string of the molecule is CCc1ccc(NC(=O)CSc2nc3cc(S(=O)(=O)N4CCOCC4)ccc3n2CC)cc1. The predicted octanol–water partition coefficient (Wildman–Crippen LogP) is 3.37. The van der Waals surface area contributed by atoms with Crippen LogP contribution in [0.3, 0.4) is 0 Å². The standard InChI is InChI=1S/C23H28N4O4S2/c1-3-17-5-7-18(8-6-17)24-22(28)16-32-23-25-20-15-19(9-10-21(20)27(23)4-2)33(29,30)26-11-13-31-14-12-26/h5-10,15H,3-4,11-14,16H2,1-2H3,(H,24,28). The zero-order chi connectivity index (χ0) is 23.4. The van der Waals surface area contributed by atoms with E-state index in [2.05, 4.69) is 17.2 Å². The number of amides is 1. The number of ether oxygens (including phenoxy) is 1. The number of carbonyl (C=O) groups is 1. The fraction of sp³-hybridized carbons (Fsp3) is 0.391. The third-order valence-electron chi connectivity index (χ3n) is 5.59. The van der Waals surface area contributed by atoms with E-state index in [0.717, 1.165) is 17.6 Å². The molecule has 0 spiro atoms. The van der Waals surface area contributed by atoms with Crippen molar-refractivity contribution in [1.29, 1.82) is 0 Å². The van der Waals surface area contributed by atoms with Gasteiger partial charge in [0.2, 0.25) is 15.9 Å². The van der Waals surface area contributed by atoms with E-state index in [9.17, 15) is 13.2 Å². The maximum absolute atomic E-state index is 13.0. The first-order valence-corrected chi connectivity index (χ1v) is 13.4. The van der Waals surface area contributed by atoms with E-state index in [1.54, 1.807) is 18.2 Å². The lowest BCUT2D eigenvalue weighted by Gasteiger charge is -2.26. The van der Waals surface area contributed by atoms with Crippen molar-refractivity contribution < 1.29 is 17.9 Å². The molecule has 1 aliphatic rings. The van der Waals surface area contributed by atoms with E-state index in [1.807, 2.05) is 35.8 Å². The minimum atomic E-state index is -3.60. The summed E-state index contributed by atoms with van der Waals surface area (Å²) in [4.78, 5) is 17.3. The van der Waals surface area contributed by atoms with Gasteiger partial charge >= 0.3 is 0 Å². The van der Waals surface area contributed by atoms with Crippen molar-refractivity contribution in [3.05, 3.63) is 48.0 Å². The minimum Gasteiger partial charge on any atom is -0.379 e. The van der Waals surface area contributed by atoms with Gasteiger partial charge in [-0.3, -0.25) is 4.79 Å². The third-order valence-corrected chi connectivity index (χ3v) is 8.46. The quantitative estimate of drug-likeness (QED) is 0.489. The van der Waals surface area contributed by atoms with Gasteiger partial charge in [-0.25, -0.2) is 13.4 Å². The average molecular weight is 489 g/mol. The van der Waals surface area contributed by atoms with Gasteiger partial charge in [-0.15, -0.1) is 0 Å². The number of hydrogen-bond acceptors (Lipinski definition) is 6. The lowest BCUT2D eigenvalue weighted by molar-refractivity contribution is -0.113. The number of sulfonamides is 1. The highest BCUT2D eigenvalue weighted by molar-refractivity contribution is 7.99. The van der Waals surface area contributed by atoms with Gasteiger partial charge in [0.05, 0.1) is 34.9 Å². The van der Waals surface area contributed by atoms with Crippen LogP contribution in [0.5, 0.6) is 0 Å². The molecule has 2 heterocycles. The van der Waals surface area contributed by atoms with Crippen LogP contribution in [-0.4, -0.2) is 60.2 Å². The van der Waals surface area contributed by atoms with Crippen molar-refractivity contribution in [3.63, 3.8) is 0 Å². The summed E-state index contributed by atoms with van der Waals surface area (Å²) < 4.78 is 34.7. The maximum Gasteiger partial charge on any atom is 0.243 e. The maximum atomic E-state index is 13.0. The van der Waals surface area contributed by atoms with Crippen molar-refractivity contribution in [3.8, 4) is 0 Å². The number of rotatable bonds is 8. The smallest absolute Gasteiger partial charge is 0.243 e. The number of anilines is 1. The fourth-order valence-corrected chi connectivity index (χ4v) is 6.06. The molecule has 4 rings (SSSR count). The van der Waals surface area contributed by atoms with Crippen LogP contribution in [0.15, 0.2) is 52.5 Å². The zero-order valence-electron chi connectivity index (χ0n) is 18.8. The van der Waals surface area contributed by atoms with E-state index in [0.29, 0.717) is 43.5 Å². The van der Waals surface area contributed by atoms with Crippen LogP contribution in [0, 0.1) is 0 Å². The molecular weight excluding hydrogens is 460 g/mol. The van der Waals surface area contributed by atoms with Gasteiger partial charge in [0.25, 0.3) is 0 Å². The van der Waals surface area contributed by atoms with Gasteiger partial charge in [-0.1, -0.05) is 30.8 Å². The number of thioether (sulfide) groups is 1. The Morgan fingerprint density at radius 3 is 2.52 bits per heavy atom. The highest BCUT2D eigenvalue weighted by atomic mass is 32.2. The molecule has 0 atom stereocenters. The number of hydrogen-bond donors (Lipinski definition) is 1. The Labute approximate surface area is 198 Å². The molecule has 33 heavy (non-hydrogen) atoms. The molecule has 3 aromatic rings. The zero-order valence-corrected chi connectivity index (χ0v) is 20.4. The van der Waals surface area contributed by atoms with Gasteiger partial charge in [-0.2, -0.15) is 4.31 Å².